The molecule has 0 saturated carbocycles. The summed E-state index contributed by atoms with van der Waals surface area (Å²) in [5, 5.41) is 2.64. The van der Waals surface area contributed by atoms with Crippen molar-refractivity contribution in [3.8, 4) is 11.1 Å². The third kappa shape index (κ3) is 4.90. The number of piperidine rings is 1. The molecule has 1 N–H and O–H groups in total. The molecule has 2 amide bonds. The Balaban J connectivity index is 1.31. The van der Waals surface area contributed by atoms with Crippen molar-refractivity contribution in [1.29, 1.82) is 0 Å². The number of pyridine rings is 1. The highest BCUT2D eigenvalue weighted by Crippen LogP contribution is 2.42. The zero-order valence-corrected chi connectivity index (χ0v) is 22.5. The summed E-state index contributed by atoms with van der Waals surface area (Å²) in [5.74, 6) is -1.68. The van der Waals surface area contributed by atoms with Crippen LogP contribution < -0.4 is 5.32 Å². The van der Waals surface area contributed by atoms with Crippen LogP contribution in [0.3, 0.4) is 0 Å². The molecule has 0 radical (unpaired) electrons. The molecule has 2 aromatic heterocycles. The molecular weight excluding hydrogens is 523 g/mol. The van der Waals surface area contributed by atoms with Crippen molar-refractivity contribution in [2.75, 3.05) is 32.0 Å². The lowest BCUT2D eigenvalue weighted by Gasteiger charge is -2.50. The number of ketones is 1. The second-order valence-electron chi connectivity index (χ2n) is 10.5. The number of carbonyl (C=O) groups is 3. The zero-order valence-electron chi connectivity index (χ0n) is 22.5. The molecule has 4 heterocycles. The van der Waals surface area contributed by atoms with Crippen molar-refractivity contribution >= 4 is 23.4 Å². The van der Waals surface area contributed by atoms with Crippen LogP contribution in [0.15, 0.2) is 48.7 Å². The largest absolute Gasteiger partial charge is 0.456 e. The second-order valence-corrected chi connectivity index (χ2v) is 10.5. The van der Waals surface area contributed by atoms with E-state index in [9.17, 15) is 27.6 Å². The molecule has 0 atom stereocenters. The highest BCUT2D eigenvalue weighted by Gasteiger charge is 2.47. The SMILES string of the molecule is CC(=O)Nc1ccc(-c2ccc(C(=O)N3CCC4(CC3)c3ccc(C(=O)C(F)(F)F)n3CCN4C)cc2C)cn1. The van der Waals surface area contributed by atoms with E-state index in [1.807, 2.05) is 32.2 Å². The molecule has 210 valence electrons. The average molecular weight is 554 g/mol. The van der Waals surface area contributed by atoms with E-state index in [0.29, 0.717) is 56.1 Å². The lowest BCUT2D eigenvalue weighted by Crippen LogP contribution is -2.56. The third-order valence-electron chi connectivity index (χ3n) is 8.07. The summed E-state index contributed by atoms with van der Waals surface area (Å²) in [7, 11) is 1.94. The maximum Gasteiger partial charge on any atom is 0.456 e. The highest BCUT2D eigenvalue weighted by atomic mass is 19.4. The summed E-state index contributed by atoms with van der Waals surface area (Å²) in [6, 6.07) is 12.0. The van der Waals surface area contributed by atoms with Gasteiger partial charge < -0.3 is 14.8 Å². The third-order valence-corrected chi connectivity index (χ3v) is 8.07. The lowest BCUT2D eigenvalue weighted by atomic mass is 9.81. The van der Waals surface area contributed by atoms with Crippen LogP contribution in [0.25, 0.3) is 11.1 Å². The number of hydrogen-bond acceptors (Lipinski definition) is 5. The van der Waals surface area contributed by atoms with E-state index >= 15 is 0 Å². The molecular formula is C29H30F3N5O3. The Morgan fingerprint density at radius 1 is 0.975 bits per heavy atom. The van der Waals surface area contributed by atoms with Gasteiger partial charge in [0.1, 0.15) is 5.82 Å². The van der Waals surface area contributed by atoms with Gasteiger partial charge in [-0.15, -0.1) is 0 Å². The smallest absolute Gasteiger partial charge is 0.339 e. The number of fused-ring (bicyclic) bond motifs is 2. The fourth-order valence-electron chi connectivity index (χ4n) is 5.95. The molecule has 0 bridgehead atoms. The molecule has 5 rings (SSSR count). The van der Waals surface area contributed by atoms with Crippen molar-refractivity contribution in [3.63, 3.8) is 0 Å². The van der Waals surface area contributed by atoms with Crippen LogP contribution >= 0.6 is 0 Å². The van der Waals surface area contributed by atoms with E-state index in [0.717, 1.165) is 16.7 Å². The number of carbonyl (C=O) groups excluding carboxylic acids is 3. The van der Waals surface area contributed by atoms with Gasteiger partial charge in [0.05, 0.1) is 11.2 Å². The molecule has 2 aliphatic rings. The first-order valence-corrected chi connectivity index (χ1v) is 13.1. The summed E-state index contributed by atoms with van der Waals surface area (Å²) in [6.45, 7) is 5.02. The van der Waals surface area contributed by atoms with Crippen LogP contribution in [0.2, 0.25) is 0 Å². The van der Waals surface area contributed by atoms with Crippen LogP contribution in [-0.2, 0) is 16.9 Å². The molecule has 0 unspecified atom stereocenters. The van der Waals surface area contributed by atoms with E-state index < -0.39 is 17.5 Å². The van der Waals surface area contributed by atoms with Gasteiger partial charge in [-0.3, -0.25) is 19.3 Å². The van der Waals surface area contributed by atoms with Gasteiger partial charge in [0.15, 0.2) is 0 Å². The van der Waals surface area contributed by atoms with E-state index in [2.05, 4.69) is 15.2 Å². The number of nitrogens with zero attached hydrogens (tertiary/aromatic N) is 4. The number of alkyl halides is 3. The quantitative estimate of drug-likeness (QED) is 0.476. The lowest BCUT2D eigenvalue weighted by molar-refractivity contribution is -0.114. The van der Waals surface area contributed by atoms with Crippen molar-refractivity contribution < 1.29 is 27.6 Å². The van der Waals surface area contributed by atoms with Gasteiger partial charge in [0, 0.05) is 56.1 Å². The van der Waals surface area contributed by atoms with Crippen LogP contribution in [-0.4, -0.2) is 69.8 Å². The number of hydrogen-bond donors (Lipinski definition) is 1. The molecule has 1 spiro atoms. The zero-order chi connectivity index (χ0) is 28.8. The van der Waals surface area contributed by atoms with Crippen LogP contribution in [0, 0.1) is 6.92 Å². The van der Waals surface area contributed by atoms with Gasteiger partial charge in [-0.25, -0.2) is 4.98 Å². The molecule has 1 aromatic carbocycles. The monoisotopic (exact) mass is 553 g/mol. The minimum absolute atomic E-state index is 0.106. The van der Waals surface area contributed by atoms with Crippen molar-refractivity contribution in [2.24, 2.45) is 0 Å². The Bertz CT molecular complexity index is 1470. The first-order chi connectivity index (χ1) is 18.9. The van der Waals surface area contributed by atoms with Gasteiger partial charge in [-0.1, -0.05) is 6.07 Å². The molecule has 8 nitrogen and oxygen atoms in total. The molecule has 3 aromatic rings. The second kappa shape index (κ2) is 10.2. The maximum absolute atomic E-state index is 13.4. The van der Waals surface area contributed by atoms with Gasteiger partial charge in [0.25, 0.3) is 11.7 Å². The number of nitrogens with one attached hydrogen (secondary N) is 1. The normalized spacial score (nSPS) is 17.0. The Kier molecular flexibility index (Phi) is 7.03. The summed E-state index contributed by atoms with van der Waals surface area (Å²) < 4.78 is 41.0. The van der Waals surface area contributed by atoms with Crippen LogP contribution in [0.1, 0.15) is 51.9 Å². The topological polar surface area (TPSA) is 87.5 Å². The Morgan fingerprint density at radius 2 is 1.70 bits per heavy atom. The number of Topliss-reactive ketones (excluding diaryl/α,β-unsaturated/α-hetero) is 1. The summed E-state index contributed by atoms with van der Waals surface area (Å²) in [5.41, 5.74) is 3.05. The molecule has 1 fully saturated rings. The van der Waals surface area contributed by atoms with E-state index in [1.165, 1.54) is 17.6 Å². The van der Waals surface area contributed by atoms with Crippen LogP contribution in [0.5, 0.6) is 0 Å². The Morgan fingerprint density at radius 3 is 2.30 bits per heavy atom. The van der Waals surface area contributed by atoms with Crippen LogP contribution in [0.4, 0.5) is 19.0 Å². The number of aryl methyl sites for hydroxylation is 1. The fraction of sp³-hybridized carbons (Fsp3) is 0.379. The van der Waals surface area contributed by atoms with E-state index in [4.69, 9.17) is 0 Å². The number of halogens is 3. The predicted octanol–water partition coefficient (Wildman–Crippen LogP) is 4.64. The fourth-order valence-corrected chi connectivity index (χ4v) is 5.95. The first-order valence-electron chi connectivity index (χ1n) is 13.1. The minimum atomic E-state index is -4.93. The van der Waals surface area contributed by atoms with Crippen molar-refractivity contribution in [1.82, 2.24) is 19.4 Å². The maximum atomic E-state index is 13.4. The minimum Gasteiger partial charge on any atom is -0.339 e. The van der Waals surface area contributed by atoms with E-state index in [-0.39, 0.29) is 17.5 Å². The summed E-state index contributed by atoms with van der Waals surface area (Å²) >= 11 is 0. The number of rotatable bonds is 4. The first kappa shape index (κ1) is 27.6. The Hall–Kier alpha value is -3.99. The molecule has 0 aliphatic carbocycles. The summed E-state index contributed by atoms with van der Waals surface area (Å²) in [4.78, 5) is 44.9. The standard InChI is InChI=1S/C29H30F3N5O3/c1-18-16-20(4-6-22(18)21-5-9-25(33-17-21)34-19(2)38)27(40)36-12-10-28(11-13-36)24-8-7-23(26(39)29(30,31)32)37(24)15-14-35(28)3/h4-9,16-17H,10-15H2,1-3H3,(H,33,34,38). The summed E-state index contributed by atoms with van der Waals surface area (Å²) in [6.07, 6.45) is -2.17. The van der Waals surface area contributed by atoms with Gasteiger partial charge in [-0.2, -0.15) is 13.2 Å². The van der Waals surface area contributed by atoms with Gasteiger partial charge in [-0.05, 0) is 74.3 Å². The predicted molar refractivity (Wildman–Crippen MR) is 143 cm³/mol. The number of likely N-dealkylation sites (N-methyl/N-ethyl adjacent to an activating group) is 1. The van der Waals surface area contributed by atoms with Gasteiger partial charge >= 0.3 is 6.18 Å². The average Bonchev–Trinajstić information content (AvgIpc) is 3.35. The number of anilines is 1. The highest BCUT2D eigenvalue weighted by molar-refractivity contribution is 5.99. The van der Waals surface area contributed by atoms with Crippen molar-refractivity contribution in [3.05, 3.63) is 71.2 Å². The number of amides is 2. The number of aromatic nitrogens is 2. The molecule has 11 heteroatoms. The molecule has 1 saturated heterocycles. The number of likely N-dealkylation sites (tertiary alicyclic amines) is 1. The van der Waals surface area contributed by atoms with Gasteiger partial charge in [0.2, 0.25) is 5.91 Å². The van der Waals surface area contributed by atoms with E-state index in [1.54, 1.807) is 29.3 Å². The molecule has 2 aliphatic heterocycles. The van der Waals surface area contributed by atoms with Crippen molar-refractivity contribution in [2.45, 2.75) is 44.9 Å². The Labute approximate surface area is 229 Å². The molecule has 40 heavy (non-hydrogen) atoms. The number of benzene rings is 1.